The Morgan fingerprint density at radius 2 is 2.00 bits per heavy atom. The van der Waals surface area contributed by atoms with Gasteiger partial charge in [-0.1, -0.05) is 26.8 Å². The van der Waals surface area contributed by atoms with Crippen LogP contribution in [0.3, 0.4) is 0 Å². The van der Waals surface area contributed by atoms with Crippen LogP contribution in [0.5, 0.6) is 5.75 Å². The number of hydrogen-bond acceptors (Lipinski definition) is 3. The van der Waals surface area contributed by atoms with Crippen LogP contribution in [-0.2, 0) is 9.59 Å². The number of carbonyl (C=O) groups is 2. The number of carboxylic acid groups (broad SMARTS) is 1. The van der Waals surface area contributed by atoms with Gasteiger partial charge in [-0.3, -0.25) is 4.79 Å². The maximum absolute atomic E-state index is 11.8. The summed E-state index contributed by atoms with van der Waals surface area (Å²) in [6.45, 7) is 5.03. The first-order valence-electron chi connectivity index (χ1n) is 5.55. The highest BCUT2D eigenvalue weighted by Crippen LogP contribution is 2.21. The molecule has 0 unspecified atom stereocenters. The standard InChI is InChI=1S/C13H17NO4/c1-13(2,3)12(17)14-9-5-4-6-10(7-9)18-8-11(15)16/h4-7H,8H2,1-3H3,(H,14,17)(H,15,16). The molecule has 0 atom stereocenters. The molecule has 0 aliphatic rings. The summed E-state index contributed by atoms with van der Waals surface area (Å²) in [7, 11) is 0. The monoisotopic (exact) mass is 251 g/mol. The smallest absolute Gasteiger partial charge is 0.341 e. The summed E-state index contributed by atoms with van der Waals surface area (Å²) >= 11 is 0. The maximum Gasteiger partial charge on any atom is 0.341 e. The summed E-state index contributed by atoms with van der Waals surface area (Å²) in [5.74, 6) is -0.749. The Balaban J connectivity index is 2.70. The average Bonchev–Trinajstić information content (AvgIpc) is 2.25. The first-order chi connectivity index (χ1) is 8.29. The first kappa shape index (κ1) is 14.0. The molecule has 98 valence electrons. The highest BCUT2D eigenvalue weighted by atomic mass is 16.5. The second-order valence-corrected chi connectivity index (χ2v) is 4.91. The molecule has 2 N–H and O–H groups in total. The number of amides is 1. The largest absolute Gasteiger partial charge is 0.482 e. The predicted octanol–water partition coefficient (Wildman–Crippen LogP) is 2.13. The zero-order valence-electron chi connectivity index (χ0n) is 10.7. The lowest BCUT2D eigenvalue weighted by atomic mass is 9.95. The van der Waals surface area contributed by atoms with Crippen LogP contribution < -0.4 is 10.1 Å². The molecule has 0 aromatic heterocycles. The molecule has 0 heterocycles. The number of benzene rings is 1. The summed E-state index contributed by atoms with van der Waals surface area (Å²) in [4.78, 5) is 22.1. The van der Waals surface area contributed by atoms with E-state index in [1.807, 2.05) is 20.8 Å². The van der Waals surface area contributed by atoms with E-state index in [9.17, 15) is 9.59 Å². The van der Waals surface area contributed by atoms with Crippen molar-refractivity contribution in [2.75, 3.05) is 11.9 Å². The summed E-state index contributed by atoms with van der Waals surface area (Å²) in [6, 6.07) is 6.63. The van der Waals surface area contributed by atoms with Crippen molar-refractivity contribution in [2.45, 2.75) is 20.8 Å². The molecule has 1 amide bonds. The molecule has 5 heteroatoms. The molecule has 1 rings (SSSR count). The Bertz CT molecular complexity index is 449. The minimum atomic E-state index is -1.04. The van der Waals surface area contributed by atoms with Crippen molar-refractivity contribution in [3.05, 3.63) is 24.3 Å². The van der Waals surface area contributed by atoms with Crippen LogP contribution in [0, 0.1) is 5.41 Å². The number of ether oxygens (including phenoxy) is 1. The van der Waals surface area contributed by atoms with E-state index < -0.39 is 18.0 Å². The fraction of sp³-hybridized carbons (Fsp3) is 0.385. The van der Waals surface area contributed by atoms with Crippen LogP contribution in [-0.4, -0.2) is 23.6 Å². The molecule has 1 aromatic rings. The van der Waals surface area contributed by atoms with Crippen molar-refractivity contribution >= 4 is 17.6 Å². The number of rotatable bonds is 4. The van der Waals surface area contributed by atoms with E-state index in [0.717, 1.165) is 0 Å². The van der Waals surface area contributed by atoms with Gasteiger partial charge in [-0.15, -0.1) is 0 Å². The van der Waals surface area contributed by atoms with Crippen LogP contribution >= 0.6 is 0 Å². The van der Waals surface area contributed by atoms with Gasteiger partial charge in [0.25, 0.3) is 0 Å². The Morgan fingerprint density at radius 3 is 2.56 bits per heavy atom. The van der Waals surface area contributed by atoms with Gasteiger partial charge < -0.3 is 15.2 Å². The van der Waals surface area contributed by atoms with Crippen LogP contribution in [0.15, 0.2) is 24.3 Å². The van der Waals surface area contributed by atoms with Gasteiger partial charge >= 0.3 is 5.97 Å². The molecular weight excluding hydrogens is 234 g/mol. The fourth-order valence-corrected chi connectivity index (χ4v) is 1.13. The molecular formula is C13H17NO4. The summed E-state index contributed by atoms with van der Waals surface area (Å²) in [5.41, 5.74) is 0.0931. The Morgan fingerprint density at radius 1 is 1.33 bits per heavy atom. The van der Waals surface area contributed by atoms with Crippen LogP contribution in [0.2, 0.25) is 0 Å². The summed E-state index contributed by atoms with van der Waals surface area (Å²) < 4.78 is 5.02. The molecule has 0 saturated heterocycles. The molecule has 0 spiro atoms. The fourth-order valence-electron chi connectivity index (χ4n) is 1.13. The van der Waals surface area contributed by atoms with E-state index in [2.05, 4.69) is 5.32 Å². The molecule has 0 aliphatic heterocycles. The van der Waals surface area contributed by atoms with Gasteiger partial charge in [0.15, 0.2) is 6.61 Å². The molecule has 0 bridgehead atoms. The van der Waals surface area contributed by atoms with Crippen molar-refractivity contribution in [1.29, 1.82) is 0 Å². The van der Waals surface area contributed by atoms with Gasteiger partial charge in [0.05, 0.1) is 0 Å². The van der Waals surface area contributed by atoms with Crippen molar-refractivity contribution in [3.8, 4) is 5.75 Å². The average molecular weight is 251 g/mol. The normalized spacial score (nSPS) is 10.8. The van der Waals surface area contributed by atoms with E-state index >= 15 is 0 Å². The number of nitrogens with one attached hydrogen (secondary N) is 1. The quantitative estimate of drug-likeness (QED) is 0.859. The molecule has 0 saturated carbocycles. The maximum atomic E-state index is 11.8. The lowest BCUT2D eigenvalue weighted by Crippen LogP contribution is -2.27. The van der Waals surface area contributed by atoms with Gasteiger partial charge in [0.1, 0.15) is 5.75 Å². The Hall–Kier alpha value is -2.04. The minimum Gasteiger partial charge on any atom is -0.482 e. The van der Waals surface area contributed by atoms with Crippen molar-refractivity contribution in [3.63, 3.8) is 0 Å². The second-order valence-electron chi connectivity index (χ2n) is 4.91. The number of carboxylic acids is 1. The highest BCUT2D eigenvalue weighted by Gasteiger charge is 2.21. The van der Waals surface area contributed by atoms with Crippen molar-refractivity contribution in [2.24, 2.45) is 5.41 Å². The van der Waals surface area contributed by atoms with E-state index in [1.54, 1.807) is 24.3 Å². The minimum absolute atomic E-state index is 0.113. The SMILES string of the molecule is CC(C)(C)C(=O)Nc1cccc(OCC(=O)O)c1. The van der Waals surface area contributed by atoms with E-state index in [4.69, 9.17) is 9.84 Å². The van der Waals surface area contributed by atoms with Gasteiger partial charge in [-0.05, 0) is 12.1 Å². The number of aliphatic carboxylic acids is 1. The van der Waals surface area contributed by atoms with Crippen molar-refractivity contribution in [1.82, 2.24) is 0 Å². The van der Waals surface area contributed by atoms with E-state index in [0.29, 0.717) is 11.4 Å². The topological polar surface area (TPSA) is 75.6 Å². The molecule has 1 aromatic carbocycles. The second kappa shape index (κ2) is 5.53. The molecule has 18 heavy (non-hydrogen) atoms. The molecule has 0 fully saturated rings. The molecule has 5 nitrogen and oxygen atoms in total. The lowest BCUT2D eigenvalue weighted by Gasteiger charge is -2.17. The van der Waals surface area contributed by atoms with Crippen LogP contribution in [0.4, 0.5) is 5.69 Å². The van der Waals surface area contributed by atoms with Crippen LogP contribution in [0.25, 0.3) is 0 Å². The van der Waals surface area contributed by atoms with Gasteiger partial charge in [0, 0.05) is 17.2 Å². The van der Waals surface area contributed by atoms with Gasteiger partial charge in [-0.2, -0.15) is 0 Å². The first-order valence-corrected chi connectivity index (χ1v) is 5.55. The summed E-state index contributed by atoms with van der Waals surface area (Å²) in [5, 5.41) is 11.2. The van der Waals surface area contributed by atoms with Gasteiger partial charge in [0.2, 0.25) is 5.91 Å². The predicted molar refractivity (Wildman–Crippen MR) is 67.7 cm³/mol. The third-order valence-corrected chi connectivity index (χ3v) is 2.14. The van der Waals surface area contributed by atoms with Gasteiger partial charge in [-0.25, -0.2) is 4.79 Å². The van der Waals surface area contributed by atoms with E-state index in [1.165, 1.54) is 0 Å². The third kappa shape index (κ3) is 4.45. The zero-order valence-corrected chi connectivity index (χ0v) is 10.7. The highest BCUT2D eigenvalue weighted by molar-refractivity contribution is 5.94. The summed E-state index contributed by atoms with van der Waals surface area (Å²) in [6.07, 6.45) is 0. The molecule has 0 radical (unpaired) electrons. The number of anilines is 1. The molecule has 0 aliphatic carbocycles. The zero-order chi connectivity index (χ0) is 13.8. The van der Waals surface area contributed by atoms with E-state index in [-0.39, 0.29) is 5.91 Å². The Labute approximate surface area is 106 Å². The lowest BCUT2D eigenvalue weighted by molar-refractivity contribution is -0.139. The third-order valence-electron chi connectivity index (χ3n) is 2.14. The van der Waals surface area contributed by atoms with Crippen molar-refractivity contribution < 1.29 is 19.4 Å². The van der Waals surface area contributed by atoms with Crippen LogP contribution in [0.1, 0.15) is 20.8 Å². The number of hydrogen-bond donors (Lipinski definition) is 2. The number of carbonyl (C=O) groups excluding carboxylic acids is 1. The Kier molecular flexibility index (Phi) is 4.31.